The van der Waals surface area contributed by atoms with Gasteiger partial charge in [-0.1, -0.05) is 0 Å². The monoisotopic (exact) mass is 778 g/mol. The topological polar surface area (TPSA) is 117 Å². The maximum absolute atomic E-state index is 15.0. The Labute approximate surface area is 325 Å². The number of nitrogens with zero attached hydrogens (tertiary/aromatic N) is 4. The first-order chi connectivity index (χ1) is 27.6. The third-order valence-electron chi connectivity index (χ3n) is 11.1. The largest absolute Gasteiger partial charge is 0.508 e. The summed E-state index contributed by atoms with van der Waals surface area (Å²) in [6.07, 6.45) is 4.65. The number of hydrogen-bond donors (Lipinski definition) is 1. The minimum atomic E-state index is -0.619. The minimum absolute atomic E-state index is 0.0960. The molecule has 4 aliphatic rings. The summed E-state index contributed by atoms with van der Waals surface area (Å²) in [4.78, 5) is 29.5. The molecule has 4 aliphatic heterocycles. The Hall–Kier alpha value is -5.80. The number of hydrogen-bond acceptors (Lipinski definition) is 10. The van der Waals surface area contributed by atoms with Crippen molar-refractivity contribution < 1.29 is 37.6 Å². The molecule has 4 saturated heterocycles. The van der Waals surface area contributed by atoms with Crippen molar-refractivity contribution in [2.24, 2.45) is 0 Å². The summed E-state index contributed by atoms with van der Waals surface area (Å²) in [6.45, 7) is 4.58. The molecule has 6 aromatic rings. The second-order valence-corrected chi connectivity index (χ2v) is 14.5. The van der Waals surface area contributed by atoms with Crippen molar-refractivity contribution in [1.29, 1.82) is 0 Å². The third kappa shape index (κ3) is 6.88. The molecule has 10 rings (SSSR count). The van der Waals surface area contributed by atoms with E-state index in [1.165, 1.54) is 33.4 Å². The van der Waals surface area contributed by atoms with Crippen molar-refractivity contribution in [3.63, 3.8) is 0 Å². The quantitative estimate of drug-likeness (QED) is 0.228. The summed E-state index contributed by atoms with van der Waals surface area (Å²) in [5.41, 5.74) is 1.42. The van der Waals surface area contributed by atoms with Crippen LogP contribution in [0.5, 0.6) is 11.5 Å². The molecule has 0 radical (unpaired) electrons. The molecular formula is C43H40F2N4O8. The maximum Gasteiger partial charge on any atom is 0.262 e. The van der Waals surface area contributed by atoms with Crippen molar-refractivity contribution in [3.05, 3.63) is 130 Å². The van der Waals surface area contributed by atoms with E-state index in [4.69, 9.17) is 23.7 Å². The smallest absolute Gasteiger partial charge is 0.262 e. The number of phenolic OH excluding ortho intramolecular Hbond substituents is 1. The van der Waals surface area contributed by atoms with Crippen LogP contribution in [0, 0.1) is 11.6 Å². The van der Waals surface area contributed by atoms with E-state index in [-0.39, 0.29) is 22.7 Å². The number of phenols is 1. The predicted octanol–water partition coefficient (Wildman–Crippen LogP) is 5.88. The summed E-state index contributed by atoms with van der Waals surface area (Å²) >= 11 is 0. The molecule has 2 aromatic heterocycles. The molecule has 4 aromatic carbocycles. The summed E-state index contributed by atoms with van der Waals surface area (Å²) in [7, 11) is 1.58. The second-order valence-electron chi connectivity index (χ2n) is 14.5. The minimum Gasteiger partial charge on any atom is -0.508 e. The van der Waals surface area contributed by atoms with E-state index in [9.17, 15) is 23.5 Å². The number of halogens is 2. The highest BCUT2D eigenvalue weighted by Crippen LogP contribution is 2.36. The number of anilines is 2. The van der Waals surface area contributed by atoms with Gasteiger partial charge in [-0.05, 0) is 83.6 Å². The van der Waals surface area contributed by atoms with Crippen LogP contribution in [0.1, 0.15) is 12.8 Å². The number of methoxy groups -OCH3 is 1. The molecule has 0 unspecified atom stereocenters. The summed E-state index contributed by atoms with van der Waals surface area (Å²) in [6, 6.07) is 23.0. The third-order valence-corrected chi connectivity index (χ3v) is 11.1. The van der Waals surface area contributed by atoms with Crippen LogP contribution in [-0.4, -0.2) is 85.5 Å². The van der Waals surface area contributed by atoms with Gasteiger partial charge >= 0.3 is 0 Å². The van der Waals surface area contributed by atoms with Crippen molar-refractivity contribution in [2.75, 3.05) is 69.5 Å². The van der Waals surface area contributed by atoms with Crippen LogP contribution in [-0.2, 0) is 18.9 Å². The fourth-order valence-electron chi connectivity index (χ4n) is 8.18. The Kier molecular flexibility index (Phi) is 9.44. The zero-order valence-corrected chi connectivity index (χ0v) is 31.2. The van der Waals surface area contributed by atoms with Crippen LogP contribution in [0.3, 0.4) is 0 Å². The summed E-state index contributed by atoms with van der Waals surface area (Å²) in [5, 5.41) is 12.0. The van der Waals surface area contributed by atoms with Gasteiger partial charge in [0.25, 0.3) is 11.1 Å². The molecule has 294 valence electrons. The Balaban J connectivity index is 0.000000148. The standard InChI is InChI=1S/C22H21FN2O4.C21H19FN2O4/c1-27-17-3-4-18-15(12-17)6-8-25(21(18)26)16-2-5-20(19(23)13-16)24-9-7-22(14-24)28-10-11-29-22;22-18-12-15(24-7-5-14-11-16(25)2-3-17(14)20(24)26)1-4-19(18)23-8-6-21(13-23)27-9-10-28-21/h2-6,8,12-13H,7,9-11,14H2,1H3;1-5,7,11-12,25H,6,8-10,13H2. The highest BCUT2D eigenvalue weighted by Gasteiger charge is 2.45. The average molecular weight is 779 g/mol. The van der Waals surface area contributed by atoms with Crippen LogP contribution in [0.15, 0.2) is 107 Å². The number of rotatable bonds is 5. The lowest BCUT2D eigenvalue weighted by molar-refractivity contribution is -0.138. The molecule has 14 heteroatoms. The van der Waals surface area contributed by atoms with E-state index in [1.807, 2.05) is 15.9 Å². The van der Waals surface area contributed by atoms with Gasteiger partial charge in [-0.3, -0.25) is 18.7 Å². The van der Waals surface area contributed by atoms with Gasteiger partial charge in [0, 0.05) is 61.2 Å². The Morgan fingerprint density at radius 2 is 1.09 bits per heavy atom. The van der Waals surface area contributed by atoms with Crippen molar-refractivity contribution in [3.8, 4) is 22.9 Å². The summed E-state index contributed by atoms with van der Waals surface area (Å²) in [5.74, 6) is -1.22. The number of aromatic nitrogens is 2. The van der Waals surface area contributed by atoms with E-state index >= 15 is 0 Å². The second kappa shape index (κ2) is 14.6. The van der Waals surface area contributed by atoms with Crippen molar-refractivity contribution in [1.82, 2.24) is 9.13 Å². The predicted molar refractivity (Wildman–Crippen MR) is 210 cm³/mol. The molecule has 0 aliphatic carbocycles. The first-order valence-electron chi connectivity index (χ1n) is 18.8. The molecule has 0 atom stereocenters. The molecule has 4 fully saturated rings. The molecule has 0 amide bonds. The average Bonchev–Trinajstić information content (AvgIpc) is 4.05. The first kappa shape index (κ1) is 36.8. The van der Waals surface area contributed by atoms with Crippen LogP contribution in [0.25, 0.3) is 32.9 Å². The number of aromatic hydroxyl groups is 1. The number of ether oxygens (including phenoxy) is 5. The zero-order chi connectivity index (χ0) is 39.3. The van der Waals surface area contributed by atoms with Gasteiger partial charge < -0.3 is 38.6 Å². The van der Waals surface area contributed by atoms with Gasteiger partial charge in [-0.15, -0.1) is 0 Å². The van der Waals surface area contributed by atoms with Crippen molar-refractivity contribution in [2.45, 2.75) is 24.4 Å². The maximum atomic E-state index is 15.0. The molecule has 1 N–H and O–H groups in total. The van der Waals surface area contributed by atoms with E-state index in [1.54, 1.807) is 74.1 Å². The normalized spacial score (nSPS) is 18.2. The lowest BCUT2D eigenvalue weighted by atomic mass is 10.1. The SMILES string of the molecule is COc1ccc2c(=O)n(-c3ccc(N4CCC5(C4)OCCO5)c(F)c3)ccc2c1.O=c1c2ccc(O)cc2ccn1-c1ccc(N2CCC3(C2)OCCO3)c(F)c1. The number of benzene rings is 4. The van der Waals surface area contributed by atoms with E-state index in [2.05, 4.69) is 0 Å². The van der Waals surface area contributed by atoms with Gasteiger partial charge in [-0.2, -0.15) is 0 Å². The van der Waals surface area contributed by atoms with Crippen LogP contribution in [0.2, 0.25) is 0 Å². The number of fused-ring (bicyclic) bond motifs is 2. The highest BCUT2D eigenvalue weighted by atomic mass is 19.1. The van der Waals surface area contributed by atoms with Crippen LogP contribution in [0.4, 0.5) is 20.2 Å². The van der Waals surface area contributed by atoms with Gasteiger partial charge in [0.2, 0.25) is 0 Å². The lowest BCUT2D eigenvalue weighted by Crippen LogP contribution is -2.34. The Bertz CT molecular complexity index is 2620. The molecule has 0 bridgehead atoms. The fraction of sp³-hybridized carbons (Fsp3) is 0.302. The van der Waals surface area contributed by atoms with Gasteiger partial charge in [-0.25, -0.2) is 8.78 Å². The highest BCUT2D eigenvalue weighted by molar-refractivity contribution is 5.84. The molecule has 6 heterocycles. The Morgan fingerprint density at radius 3 is 1.56 bits per heavy atom. The molecular weight excluding hydrogens is 738 g/mol. The molecule has 0 saturated carbocycles. The number of pyridine rings is 2. The first-order valence-corrected chi connectivity index (χ1v) is 18.8. The zero-order valence-electron chi connectivity index (χ0n) is 31.2. The fourth-order valence-corrected chi connectivity index (χ4v) is 8.18. The van der Waals surface area contributed by atoms with Gasteiger partial charge in [0.1, 0.15) is 23.1 Å². The molecule has 12 nitrogen and oxygen atoms in total. The lowest BCUT2D eigenvalue weighted by Gasteiger charge is -2.24. The van der Waals surface area contributed by atoms with Crippen molar-refractivity contribution >= 4 is 32.9 Å². The molecule has 2 spiro atoms. The summed E-state index contributed by atoms with van der Waals surface area (Å²) < 4.78 is 60.7. The Morgan fingerprint density at radius 1 is 0.614 bits per heavy atom. The van der Waals surface area contributed by atoms with E-state index in [0.29, 0.717) is 110 Å². The van der Waals surface area contributed by atoms with Crippen LogP contribution >= 0.6 is 0 Å². The van der Waals surface area contributed by atoms with Gasteiger partial charge in [0.15, 0.2) is 11.6 Å². The van der Waals surface area contributed by atoms with E-state index < -0.39 is 17.4 Å². The van der Waals surface area contributed by atoms with Crippen LogP contribution < -0.4 is 25.7 Å². The molecule has 57 heavy (non-hydrogen) atoms. The van der Waals surface area contributed by atoms with Gasteiger partial charge in [0.05, 0.1) is 69.4 Å². The van der Waals surface area contributed by atoms with E-state index in [0.717, 1.165) is 5.39 Å².